The number of benzene rings is 1. The van der Waals surface area contributed by atoms with Crippen LogP contribution in [-0.4, -0.2) is 24.0 Å². The van der Waals surface area contributed by atoms with Crippen molar-refractivity contribution >= 4 is 23.2 Å². The van der Waals surface area contributed by atoms with Gasteiger partial charge in [-0.05, 0) is 43.0 Å². The minimum atomic E-state index is 0.163. The molecule has 1 saturated heterocycles. The summed E-state index contributed by atoms with van der Waals surface area (Å²) in [5.41, 5.74) is 7.02. The van der Waals surface area contributed by atoms with E-state index < -0.39 is 0 Å². The van der Waals surface area contributed by atoms with Gasteiger partial charge in [-0.15, -0.1) is 0 Å². The van der Waals surface area contributed by atoms with Gasteiger partial charge in [0.15, 0.2) is 0 Å². The highest BCUT2D eigenvalue weighted by Gasteiger charge is 2.32. The third kappa shape index (κ3) is 2.83. The second-order valence-electron chi connectivity index (χ2n) is 5.30. The summed E-state index contributed by atoms with van der Waals surface area (Å²) in [6.45, 7) is 6.18. The molecule has 4 heteroatoms. The topological polar surface area (TPSA) is 29.3 Å². The number of hydrogen-bond acceptors (Lipinski definition) is 2. The molecule has 0 spiro atoms. The van der Waals surface area contributed by atoms with E-state index >= 15 is 0 Å². The number of likely N-dealkylation sites (tertiary alicyclic amines) is 1. The van der Waals surface area contributed by atoms with Crippen molar-refractivity contribution in [1.29, 1.82) is 0 Å². The summed E-state index contributed by atoms with van der Waals surface area (Å²) in [6, 6.07) is 6.32. The molecule has 2 N–H and O–H groups in total. The van der Waals surface area contributed by atoms with Gasteiger partial charge >= 0.3 is 0 Å². The average molecular weight is 287 g/mol. The summed E-state index contributed by atoms with van der Waals surface area (Å²) in [5.74, 6) is 0.715. The first-order valence-electron chi connectivity index (χ1n) is 6.43. The summed E-state index contributed by atoms with van der Waals surface area (Å²) in [7, 11) is 0. The first-order chi connectivity index (χ1) is 8.52. The monoisotopic (exact) mass is 286 g/mol. The van der Waals surface area contributed by atoms with E-state index in [0.717, 1.165) is 17.1 Å². The highest BCUT2D eigenvalue weighted by molar-refractivity contribution is 6.33. The summed E-state index contributed by atoms with van der Waals surface area (Å²) in [5, 5.41) is 1.47. The molecule has 2 nitrogen and oxygen atoms in total. The van der Waals surface area contributed by atoms with E-state index in [1.807, 2.05) is 18.2 Å². The molecule has 0 amide bonds. The van der Waals surface area contributed by atoms with Crippen molar-refractivity contribution < 1.29 is 0 Å². The molecular formula is C14H20Cl2N2. The molecule has 0 saturated carbocycles. The van der Waals surface area contributed by atoms with Gasteiger partial charge in [0.2, 0.25) is 0 Å². The van der Waals surface area contributed by atoms with Gasteiger partial charge in [0.1, 0.15) is 0 Å². The number of hydrogen-bond donors (Lipinski definition) is 1. The van der Waals surface area contributed by atoms with Crippen LogP contribution in [0.4, 0.5) is 0 Å². The van der Waals surface area contributed by atoms with Crippen LogP contribution in [0.3, 0.4) is 0 Å². The Bertz CT molecular complexity index is 422. The molecule has 18 heavy (non-hydrogen) atoms. The van der Waals surface area contributed by atoms with Crippen LogP contribution < -0.4 is 5.73 Å². The Morgan fingerprint density at radius 2 is 2.11 bits per heavy atom. The van der Waals surface area contributed by atoms with Crippen molar-refractivity contribution in [3.63, 3.8) is 0 Å². The molecular weight excluding hydrogens is 267 g/mol. The van der Waals surface area contributed by atoms with Crippen LogP contribution in [0.1, 0.15) is 31.9 Å². The molecule has 3 atom stereocenters. The molecule has 1 aromatic carbocycles. The van der Waals surface area contributed by atoms with Crippen molar-refractivity contribution in [3.8, 4) is 0 Å². The maximum atomic E-state index is 6.29. The Balaban J connectivity index is 2.30. The lowest BCUT2D eigenvalue weighted by atomic mass is 10.0. The zero-order valence-electron chi connectivity index (χ0n) is 10.9. The highest BCUT2D eigenvalue weighted by atomic mass is 35.5. The summed E-state index contributed by atoms with van der Waals surface area (Å²) in [4.78, 5) is 2.45. The Morgan fingerprint density at radius 1 is 1.39 bits per heavy atom. The van der Waals surface area contributed by atoms with Crippen molar-refractivity contribution in [2.45, 2.75) is 32.4 Å². The molecule has 1 fully saturated rings. The van der Waals surface area contributed by atoms with Crippen molar-refractivity contribution in [3.05, 3.63) is 33.8 Å². The SMILES string of the molecule is CC1CC(C)N(C(CN)c2cc(Cl)ccc2Cl)C1. The van der Waals surface area contributed by atoms with Gasteiger partial charge in [0.25, 0.3) is 0 Å². The fourth-order valence-corrected chi connectivity index (χ4v) is 3.40. The number of rotatable bonds is 3. The minimum Gasteiger partial charge on any atom is -0.329 e. The third-order valence-electron chi connectivity index (χ3n) is 3.77. The van der Waals surface area contributed by atoms with E-state index in [2.05, 4.69) is 18.7 Å². The Labute approximate surface area is 119 Å². The molecule has 2 rings (SSSR count). The smallest absolute Gasteiger partial charge is 0.0488 e. The normalized spacial score (nSPS) is 26.5. The number of halogens is 2. The maximum Gasteiger partial charge on any atom is 0.0488 e. The molecule has 1 heterocycles. The molecule has 1 aliphatic rings. The van der Waals surface area contributed by atoms with Crippen molar-refractivity contribution in [1.82, 2.24) is 4.90 Å². The molecule has 3 unspecified atom stereocenters. The van der Waals surface area contributed by atoms with Crippen LogP contribution in [0.2, 0.25) is 10.0 Å². The zero-order chi connectivity index (χ0) is 13.3. The second kappa shape index (κ2) is 5.79. The van der Waals surface area contributed by atoms with Gasteiger partial charge in [-0.1, -0.05) is 30.1 Å². The first-order valence-corrected chi connectivity index (χ1v) is 7.19. The lowest BCUT2D eigenvalue weighted by molar-refractivity contribution is 0.192. The number of nitrogens with zero attached hydrogens (tertiary/aromatic N) is 1. The fourth-order valence-electron chi connectivity index (χ4n) is 2.98. The largest absolute Gasteiger partial charge is 0.329 e. The predicted molar refractivity (Wildman–Crippen MR) is 78.2 cm³/mol. The summed E-state index contributed by atoms with van der Waals surface area (Å²) in [6.07, 6.45) is 1.22. The highest BCUT2D eigenvalue weighted by Crippen LogP contribution is 2.35. The molecule has 0 aromatic heterocycles. The van der Waals surface area contributed by atoms with E-state index in [1.54, 1.807) is 0 Å². The van der Waals surface area contributed by atoms with Crippen molar-refractivity contribution in [2.75, 3.05) is 13.1 Å². The van der Waals surface area contributed by atoms with Crippen LogP contribution in [-0.2, 0) is 0 Å². The summed E-state index contributed by atoms with van der Waals surface area (Å²) < 4.78 is 0. The summed E-state index contributed by atoms with van der Waals surface area (Å²) >= 11 is 12.4. The van der Waals surface area contributed by atoms with E-state index in [4.69, 9.17) is 28.9 Å². The van der Waals surface area contributed by atoms with Gasteiger partial charge in [-0.3, -0.25) is 4.90 Å². The predicted octanol–water partition coefficient (Wildman–Crippen LogP) is 3.72. The molecule has 1 aromatic rings. The Hall–Kier alpha value is -0.280. The van der Waals surface area contributed by atoms with Crippen LogP contribution in [0.5, 0.6) is 0 Å². The quantitative estimate of drug-likeness (QED) is 0.918. The van der Waals surface area contributed by atoms with Crippen LogP contribution in [0.15, 0.2) is 18.2 Å². The van der Waals surface area contributed by atoms with Gasteiger partial charge in [-0.25, -0.2) is 0 Å². The van der Waals surface area contributed by atoms with Crippen LogP contribution >= 0.6 is 23.2 Å². The Morgan fingerprint density at radius 3 is 2.67 bits per heavy atom. The number of nitrogens with two attached hydrogens (primary N) is 1. The van der Waals surface area contributed by atoms with Gasteiger partial charge in [0, 0.05) is 35.2 Å². The van der Waals surface area contributed by atoms with E-state index in [-0.39, 0.29) is 6.04 Å². The van der Waals surface area contributed by atoms with E-state index in [9.17, 15) is 0 Å². The average Bonchev–Trinajstić information content (AvgIpc) is 2.64. The van der Waals surface area contributed by atoms with Gasteiger partial charge in [-0.2, -0.15) is 0 Å². The lowest BCUT2D eigenvalue weighted by Crippen LogP contribution is -2.36. The van der Waals surface area contributed by atoms with Crippen LogP contribution in [0.25, 0.3) is 0 Å². The van der Waals surface area contributed by atoms with Crippen LogP contribution in [0, 0.1) is 5.92 Å². The second-order valence-corrected chi connectivity index (χ2v) is 6.15. The molecule has 0 aliphatic carbocycles. The molecule has 0 bridgehead atoms. The standard InChI is InChI=1S/C14H20Cl2N2/c1-9-5-10(2)18(8-9)14(7-17)12-6-11(15)3-4-13(12)16/h3-4,6,9-10,14H,5,7-8,17H2,1-2H3. The lowest BCUT2D eigenvalue weighted by Gasteiger charge is -2.31. The third-order valence-corrected chi connectivity index (χ3v) is 4.35. The molecule has 1 aliphatic heterocycles. The molecule has 100 valence electrons. The Kier molecular flexibility index (Phi) is 4.54. The first kappa shape index (κ1) is 14.1. The molecule has 0 radical (unpaired) electrons. The minimum absolute atomic E-state index is 0.163. The fraction of sp³-hybridized carbons (Fsp3) is 0.571. The maximum absolute atomic E-state index is 6.29. The van der Waals surface area contributed by atoms with E-state index in [0.29, 0.717) is 23.5 Å². The van der Waals surface area contributed by atoms with E-state index in [1.165, 1.54) is 6.42 Å². The van der Waals surface area contributed by atoms with Gasteiger partial charge < -0.3 is 5.73 Å². The van der Waals surface area contributed by atoms with Crippen molar-refractivity contribution in [2.24, 2.45) is 11.7 Å². The van der Waals surface area contributed by atoms with Gasteiger partial charge in [0.05, 0.1) is 0 Å². The zero-order valence-corrected chi connectivity index (χ0v) is 12.4.